The number of rotatable bonds is 22. The molecule has 0 aliphatic rings. The molecule has 0 saturated heterocycles. The number of amides is 1. The third kappa shape index (κ3) is 14.3. The van der Waals surface area contributed by atoms with Gasteiger partial charge < -0.3 is 24.6 Å². The number of ether oxygens (including phenoxy) is 3. The van der Waals surface area contributed by atoms with E-state index in [1.54, 1.807) is 6.92 Å². The Hall–Kier alpha value is -7.94. The monoisotopic (exact) mass is 1310 g/mol. The van der Waals surface area contributed by atoms with Gasteiger partial charge in [0.1, 0.15) is 61.3 Å². The van der Waals surface area contributed by atoms with Gasteiger partial charge in [0.2, 0.25) is 16.9 Å². The molecule has 0 atom stereocenters. The number of nitriles is 1. The van der Waals surface area contributed by atoms with Crippen molar-refractivity contribution in [3.8, 4) is 29.2 Å². The van der Waals surface area contributed by atoms with Gasteiger partial charge in [0.25, 0.3) is 50.6 Å². The minimum absolute atomic E-state index is 0.000741. The normalized spacial score (nSPS) is 12.9. The molecule has 8 rings (SSSR count). The summed E-state index contributed by atoms with van der Waals surface area (Å²) in [5, 5.41) is 50.2. The van der Waals surface area contributed by atoms with Crippen molar-refractivity contribution in [2.24, 2.45) is 30.7 Å². The highest BCUT2D eigenvalue weighted by Gasteiger charge is 2.27. The van der Waals surface area contributed by atoms with E-state index in [0.717, 1.165) is 67.6 Å². The lowest BCUT2D eigenvalue weighted by molar-refractivity contribution is -0.114. The Labute approximate surface area is 489 Å². The molecule has 3 aromatic heterocycles. The van der Waals surface area contributed by atoms with Crippen LogP contribution < -0.4 is 19.5 Å². The number of azo groups is 3. The minimum Gasteiger partial charge on any atom is -0.496 e. The Kier molecular flexibility index (Phi) is 18.0. The van der Waals surface area contributed by atoms with Crippen LogP contribution in [0.1, 0.15) is 36.5 Å². The Morgan fingerprint density at radius 1 is 0.706 bits per heavy atom. The number of anilines is 1. The maximum absolute atomic E-state index is 12.7. The Morgan fingerprint density at radius 2 is 1.35 bits per heavy atom. The molecule has 0 spiro atoms. The molecule has 0 radical (unpaired) electrons. The molecule has 38 heteroatoms. The molecule has 0 aliphatic carbocycles. The SMILES string of the molecule is COc1cc2c(cc1S(=O)(=O)O)nc1c(C#N)c(C)c(N=Nc3cc(C)c(N=Nc4cc(NC(C)=O)c(N=Nc5nc6c(S(=O)(=O)O)cc7c(OC)cc(S(=O)(=O)O)cc7c6s5)cc4SCCCS(=O)(=O)O)cc3OCCCS(=O)(=O)O)c(O)n12. The van der Waals surface area contributed by atoms with Crippen LogP contribution in [-0.4, -0.2) is 128 Å². The first-order valence-corrected chi connectivity index (χ1v) is 33.1. The third-order valence-electron chi connectivity index (χ3n) is 12.0. The molecule has 0 fully saturated rings. The lowest BCUT2D eigenvalue weighted by Crippen LogP contribution is -2.08. The molecular weight excluding hydrogens is 1260 g/mol. The summed E-state index contributed by atoms with van der Waals surface area (Å²) in [7, 11) is -21.2. The maximum Gasteiger partial charge on any atom is 0.298 e. The van der Waals surface area contributed by atoms with Gasteiger partial charge in [-0.15, -0.1) is 37.3 Å². The Bertz CT molecular complexity index is 4850. The van der Waals surface area contributed by atoms with Gasteiger partial charge in [0.15, 0.2) is 11.3 Å². The Balaban J connectivity index is 1.23. The Morgan fingerprint density at radius 3 is 1.98 bits per heavy atom. The van der Waals surface area contributed by atoms with Gasteiger partial charge in [0.05, 0.1) is 64.3 Å². The maximum atomic E-state index is 12.7. The molecule has 31 nitrogen and oxygen atoms in total. The molecule has 448 valence electrons. The molecule has 0 aliphatic heterocycles. The van der Waals surface area contributed by atoms with Gasteiger partial charge in [0, 0.05) is 46.4 Å². The lowest BCUT2D eigenvalue weighted by atomic mass is 10.1. The zero-order valence-electron chi connectivity index (χ0n) is 44.2. The topological polar surface area (TPSA) is 477 Å². The van der Waals surface area contributed by atoms with E-state index >= 15 is 0 Å². The van der Waals surface area contributed by atoms with Crippen LogP contribution in [0.3, 0.4) is 0 Å². The molecule has 0 unspecified atom stereocenters. The van der Waals surface area contributed by atoms with Gasteiger partial charge in [-0.3, -0.25) is 32.0 Å². The van der Waals surface area contributed by atoms with Crippen LogP contribution in [0.25, 0.3) is 37.7 Å². The van der Waals surface area contributed by atoms with E-state index in [2.05, 4.69) is 46.0 Å². The highest BCUT2D eigenvalue weighted by Crippen LogP contribution is 2.46. The predicted molar refractivity (Wildman–Crippen MR) is 306 cm³/mol. The fraction of sp³-hybridized carbons (Fsp3) is 0.234. The number of fused-ring (bicyclic) bond motifs is 6. The van der Waals surface area contributed by atoms with E-state index in [9.17, 15) is 80.0 Å². The number of hydrogen-bond donors (Lipinski definition) is 7. The van der Waals surface area contributed by atoms with Crippen LogP contribution in [0.2, 0.25) is 0 Å². The summed E-state index contributed by atoms with van der Waals surface area (Å²) in [4.78, 5) is 19.5. The largest absolute Gasteiger partial charge is 0.496 e. The zero-order chi connectivity index (χ0) is 62.3. The number of hydrogen-bond acceptors (Lipinski definition) is 26. The zero-order valence-corrected chi connectivity index (χ0v) is 49.9. The van der Waals surface area contributed by atoms with Gasteiger partial charge in [-0.2, -0.15) is 52.5 Å². The van der Waals surface area contributed by atoms with Gasteiger partial charge in [-0.25, -0.2) is 9.97 Å². The molecule has 0 saturated carbocycles. The number of aryl methyl sites for hydroxylation is 1. The second-order valence-corrected chi connectivity index (χ2v) is 27.4. The number of aromatic nitrogens is 3. The minimum atomic E-state index is -5.03. The van der Waals surface area contributed by atoms with Crippen molar-refractivity contribution in [3.63, 3.8) is 0 Å². The van der Waals surface area contributed by atoms with Crippen LogP contribution >= 0.6 is 23.1 Å². The average Bonchev–Trinajstić information content (AvgIpc) is 1.75. The van der Waals surface area contributed by atoms with E-state index < -0.39 is 88.6 Å². The number of nitrogens with zero attached hydrogens (tertiary/aromatic N) is 10. The molecule has 1 amide bonds. The number of nitrogens with one attached hydrogen (secondary N) is 1. The van der Waals surface area contributed by atoms with E-state index in [4.69, 9.17) is 14.2 Å². The molecular formula is C47H43N11O20S7. The number of carbonyl (C=O) groups excluding carboxylic acids is 1. The van der Waals surface area contributed by atoms with E-state index in [1.165, 1.54) is 31.2 Å². The molecule has 85 heavy (non-hydrogen) atoms. The van der Waals surface area contributed by atoms with Crippen LogP contribution in [0.15, 0.2) is 105 Å². The number of benzene rings is 5. The van der Waals surface area contributed by atoms with E-state index in [1.807, 2.05) is 6.07 Å². The average molecular weight is 1310 g/mol. The second kappa shape index (κ2) is 24.2. The van der Waals surface area contributed by atoms with Crippen molar-refractivity contribution in [1.29, 1.82) is 5.26 Å². The standard InChI is InChI=1S/C47H43N11O20S7/c1-22-12-33(54-56-42-23(2)28(21-48)45-50-32-19-40(84(70,71)72)38(77-5)20-35(32)58(45)46(42)60)37(78-8-6-10-81(61,62)63)17-29(22)52-55-34-16-30(49-24(3)59)31(18-39(34)79-9-7-11-82(64,65)66)53-57-47-51-43-41(85(73,74)75)15-26-27(44(43)80-47)13-25(83(67,68)69)14-36(26)76-4/h12-20,60H,6-11H2,1-5H3,(H,49,59)(H,61,62,63)(H,64,65,66)(H,67,68,69)(H,70,71,72)(H,73,74,75). The second-order valence-electron chi connectivity index (χ2n) is 17.9. The number of thioether (sulfide) groups is 1. The number of carbonyl (C=O) groups is 1. The van der Waals surface area contributed by atoms with Crippen LogP contribution in [0.5, 0.6) is 23.1 Å². The number of pyridine rings is 1. The highest BCUT2D eigenvalue weighted by atomic mass is 32.2. The summed E-state index contributed by atoms with van der Waals surface area (Å²) in [6.07, 6.45) is -0.326. The third-order valence-corrected chi connectivity index (χ3v) is 18.3. The smallest absolute Gasteiger partial charge is 0.298 e. The highest BCUT2D eigenvalue weighted by molar-refractivity contribution is 7.99. The summed E-state index contributed by atoms with van der Waals surface area (Å²) in [6.45, 7) is 3.81. The van der Waals surface area contributed by atoms with Crippen molar-refractivity contribution in [1.82, 2.24) is 14.4 Å². The van der Waals surface area contributed by atoms with E-state index in [-0.39, 0.29) is 135 Å². The van der Waals surface area contributed by atoms with Crippen LogP contribution in [-0.2, 0) is 55.4 Å². The summed E-state index contributed by atoms with van der Waals surface area (Å²) < 4.78 is 187. The van der Waals surface area contributed by atoms with E-state index in [0.29, 0.717) is 16.9 Å². The molecule has 3 heterocycles. The van der Waals surface area contributed by atoms with Gasteiger partial charge in [-0.1, -0.05) is 11.3 Å². The summed E-state index contributed by atoms with van der Waals surface area (Å²) >= 11 is 1.69. The van der Waals surface area contributed by atoms with Crippen molar-refractivity contribution < 1.29 is 89.0 Å². The summed E-state index contributed by atoms with van der Waals surface area (Å²) in [6, 6.07) is 12.5. The molecule has 0 bridgehead atoms. The molecule has 8 aromatic rings. The first-order valence-electron chi connectivity index (χ1n) is 23.7. The van der Waals surface area contributed by atoms with Gasteiger partial charge in [-0.05, 0) is 74.4 Å². The van der Waals surface area contributed by atoms with Crippen molar-refractivity contribution in [2.45, 2.75) is 53.2 Å². The fourth-order valence-electron chi connectivity index (χ4n) is 8.24. The quantitative estimate of drug-likeness (QED) is 0.0144. The van der Waals surface area contributed by atoms with Crippen LogP contribution in [0.4, 0.5) is 39.3 Å². The van der Waals surface area contributed by atoms with Gasteiger partial charge >= 0.3 is 0 Å². The summed E-state index contributed by atoms with van der Waals surface area (Å²) in [5.74, 6) is -3.22. The van der Waals surface area contributed by atoms with Crippen molar-refractivity contribution in [3.05, 3.63) is 71.3 Å². The first-order chi connectivity index (χ1) is 39.7. The van der Waals surface area contributed by atoms with Crippen LogP contribution in [0, 0.1) is 25.2 Å². The first kappa shape index (κ1) is 63.1. The predicted octanol–water partition coefficient (Wildman–Crippen LogP) is 9.43. The molecule has 5 aromatic carbocycles. The van der Waals surface area contributed by atoms with Crippen molar-refractivity contribution >= 4 is 157 Å². The number of aromatic hydroxyl groups is 1. The fourth-order valence-corrected chi connectivity index (χ4v) is 13.2. The number of methoxy groups -OCH3 is 2. The van der Waals surface area contributed by atoms with Crippen molar-refractivity contribution in [2.75, 3.05) is 43.4 Å². The number of thiazole rings is 1. The lowest BCUT2D eigenvalue weighted by Gasteiger charge is -2.13. The molecule has 7 N–H and O–H groups in total. The summed E-state index contributed by atoms with van der Waals surface area (Å²) in [5.41, 5.74) is -0.700. The number of imidazole rings is 1.